The fraction of sp³-hybridized carbons (Fsp3) is 0.333. The van der Waals surface area contributed by atoms with Crippen LogP contribution in [0.5, 0.6) is 0 Å². The number of terminal acetylenes is 1. The maximum atomic E-state index is 12.6. The molecule has 2 aromatic heterocycles. The van der Waals surface area contributed by atoms with Crippen molar-refractivity contribution in [3.63, 3.8) is 0 Å². The summed E-state index contributed by atoms with van der Waals surface area (Å²) in [6.07, 6.45) is 7.91. The lowest BCUT2D eigenvalue weighted by Crippen LogP contribution is -2.32. The van der Waals surface area contributed by atoms with E-state index < -0.39 is 0 Å². The molecule has 20 heavy (non-hydrogen) atoms. The van der Waals surface area contributed by atoms with Gasteiger partial charge in [-0.15, -0.1) is 17.8 Å². The summed E-state index contributed by atoms with van der Waals surface area (Å²) in [4.78, 5) is 19.8. The largest absolute Gasteiger partial charge is 0.397 e. The van der Waals surface area contributed by atoms with Gasteiger partial charge >= 0.3 is 0 Å². The van der Waals surface area contributed by atoms with Gasteiger partial charge in [0.2, 0.25) is 0 Å². The number of pyridine rings is 1. The van der Waals surface area contributed by atoms with Gasteiger partial charge in [-0.25, -0.2) is 4.98 Å². The number of rotatable bonds is 4. The normalized spacial score (nSPS) is 10.4. The van der Waals surface area contributed by atoms with Gasteiger partial charge in [-0.3, -0.25) is 4.79 Å². The standard InChI is InChI=1S/C15H17N3OS/c1-4-8-18(9-5-2)15(19)13-12(16)11-10(3)6-7-17-14(11)20-13/h1,6-7H,5,8-9,16H2,2-3H3. The summed E-state index contributed by atoms with van der Waals surface area (Å²) in [6.45, 7) is 4.90. The molecule has 104 valence electrons. The van der Waals surface area contributed by atoms with Gasteiger partial charge in [-0.1, -0.05) is 12.8 Å². The van der Waals surface area contributed by atoms with Crippen molar-refractivity contribution >= 4 is 33.1 Å². The third kappa shape index (κ3) is 2.47. The fourth-order valence-electron chi connectivity index (χ4n) is 2.14. The van der Waals surface area contributed by atoms with Gasteiger partial charge < -0.3 is 10.6 Å². The number of carbonyl (C=O) groups is 1. The van der Waals surface area contributed by atoms with Crippen molar-refractivity contribution in [3.8, 4) is 12.3 Å². The van der Waals surface area contributed by atoms with E-state index in [1.165, 1.54) is 11.3 Å². The minimum Gasteiger partial charge on any atom is -0.397 e. The number of aryl methyl sites for hydroxylation is 1. The zero-order chi connectivity index (χ0) is 14.7. The zero-order valence-electron chi connectivity index (χ0n) is 11.6. The highest BCUT2D eigenvalue weighted by Crippen LogP contribution is 2.34. The summed E-state index contributed by atoms with van der Waals surface area (Å²) in [7, 11) is 0. The van der Waals surface area contributed by atoms with Gasteiger partial charge in [0.05, 0.1) is 12.2 Å². The van der Waals surface area contributed by atoms with Crippen molar-refractivity contribution in [1.29, 1.82) is 0 Å². The van der Waals surface area contributed by atoms with E-state index >= 15 is 0 Å². The van der Waals surface area contributed by atoms with Gasteiger partial charge in [-0.05, 0) is 25.0 Å². The lowest BCUT2D eigenvalue weighted by atomic mass is 10.1. The van der Waals surface area contributed by atoms with E-state index in [-0.39, 0.29) is 5.91 Å². The molecule has 0 fully saturated rings. The average molecular weight is 287 g/mol. The molecule has 2 N–H and O–H groups in total. The summed E-state index contributed by atoms with van der Waals surface area (Å²) < 4.78 is 0. The van der Waals surface area contributed by atoms with E-state index in [0.717, 1.165) is 22.2 Å². The van der Waals surface area contributed by atoms with Crippen LogP contribution in [0.15, 0.2) is 12.3 Å². The molecular formula is C15H17N3OS. The summed E-state index contributed by atoms with van der Waals surface area (Å²) in [5, 5.41) is 0.873. The molecule has 0 aliphatic heterocycles. The molecule has 1 amide bonds. The molecule has 0 aliphatic carbocycles. The SMILES string of the molecule is C#CCN(CCC)C(=O)c1sc2nccc(C)c2c1N. The summed E-state index contributed by atoms with van der Waals surface area (Å²) in [5.41, 5.74) is 7.68. The van der Waals surface area contributed by atoms with Gasteiger partial charge in [0.25, 0.3) is 5.91 Å². The van der Waals surface area contributed by atoms with Crippen molar-refractivity contribution in [2.75, 3.05) is 18.8 Å². The Hall–Kier alpha value is -2.06. The molecule has 0 spiro atoms. The van der Waals surface area contributed by atoms with Gasteiger partial charge in [0.1, 0.15) is 9.71 Å². The summed E-state index contributed by atoms with van der Waals surface area (Å²) >= 11 is 1.33. The Labute approximate surface area is 122 Å². The Balaban J connectivity index is 2.47. The van der Waals surface area contributed by atoms with Crippen LogP contribution in [0.4, 0.5) is 5.69 Å². The van der Waals surface area contributed by atoms with Crippen LogP contribution in [-0.2, 0) is 0 Å². The Morgan fingerprint density at radius 1 is 1.60 bits per heavy atom. The molecule has 0 bridgehead atoms. The highest BCUT2D eigenvalue weighted by atomic mass is 32.1. The minimum atomic E-state index is -0.107. The van der Waals surface area contributed by atoms with Crippen LogP contribution in [0, 0.1) is 19.3 Å². The summed E-state index contributed by atoms with van der Waals surface area (Å²) in [5.74, 6) is 2.41. The molecule has 0 radical (unpaired) electrons. The van der Waals surface area contributed by atoms with Crippen LogP contribution in [0.2, 0.25) is 0 Å². The molecule has 2 rings (SSSR count). The average Bonchev–Trinajstić information content (AvgIpc) is 2.76. The Morgan fingerprint density at radius 3 is 2.95 bits per heavy atom. The lowest BCUT2D eigenvalue weighted by molar-refractivity contribution is 0.0782. The van der Waals surface area contributed by atoms with Gasteiger partial charge in [0.15, 0.2) is 0 Å². The summed E-state index contributed by atoms with van der Waals surface area (Å²) in [6, 6.07) is 1.89. The van der Waals surface area contributed by atoms with E-state index in [4.69, 9.17) is 12.2 Å². The molecule has 0 unspecified atom stereocenters. The lowest BCUT2D eigenvalue weighted by Gasteiger charge is -2.18. The number of carbonyl (C=O) groups excluding carboxylic acids is 1. The Kier molecular flexibility index (Phi) is 4.26. The van der Waals surface area contributed by atoms with Crippen LogP contribution in [-0.4, -0.2) is 28.9 Å². The van der Waals surface area contributed by atoms with E-state index in [9.17, 15) is 4.79 Å². The number of amides is 1. The van der Waals surface area contributed by atoms with Crippen LogP contribution < -0.4 is 5.73 Å². The van der Waals surface area contributed by atoms with Crippen molar-refractivity contribution in [2.24, 2.45) is 0 Å². The smallest absolute Gasteiger partial charge is 0.266 e. The first kappa shape index (κ1) is 14.4. The molecule has 0 saturated heterocycles. The Bertz CT molecular complexity index is 684. The maximum absolute atomic E-state index is 12.6. The number of fused-ring (bicyclic) bond motifs is 1. The quantitative estimate of drug-likeness (QED) is 0.880. The zero-order valence-corrected chi connectivity index (χ0v) is 12.5. The van der Waals surface area contributed by atoms with Crippen LogP contribution >= 0.6 is 11.3 Å². The van der Waals surface area contributed by atoms with E-state index in [1.54, 1.807) is 11.1 Å². The number of nitrogen functional groups attached to an aromatic ring is 1. The topological polar surface area (TPSA) is 59.2 Å². The number of thiophene rings is 1. The van der Waals surface area contributed by atoms with Crippen molar-refractivity contribution in [2.45, 2.75) is 20.3 Å². The predicted molar refractivity (Wildman–Crippen MR) is 83.8 cm³/mol. The van der Waals surface area contributed by atoms with Gasteiger partial charge in [-0.2, -0.15) is 0 Å². The molecular weight excluding hydrogens is 270 g/mol. The van der Waals surface area contributed by atoms with Crippen molar-refractivity contribution in [3.05, 3.63) is 22.7 Å². The van der Waals surface area contributed by atoms with Crippen LogP contribution in [0.25, 0.3) is 10.2 Å². The first-order valence-corrected chi connectivity index (χ1v) is 7.28. The molecule has 0 atom stereocenters. The molecule has 4 nitrogen and oxygen atoms in total. The highest BCUT2D eigenvalue weighted by Gasteiger charge is 2.22. The predicted octanol–water partition coefficient (Wildman–Crippen LogP) is 2.67. The number of hydrogen-bond donors (Lipinski definition) is 1. The minimum absolute atomic E-state index is 0.107. The van der Waals surface area contributed by atoms with Crippen molar-refractivity contribution in [1.82, 2.24) is 9.88 Å². The number of aromatic nitrogens is 1. The molecule has 0 saturated carbocycles. The number of anilines is 1. The van der Waals surface area contributed by atoms with Crippen molar-refractivity contribution < 1.29 is 4.79 Å². The number of nitrogens with zero attached hydrogens (tertiary/aromatic N) is 2. The second-order valence-electron chi connectivity index (χ2n) is 4.58. The Morgan fingerprint density at radius 2 is 2.35 bits per heavy atom. The maximum Gasteiger partial charge on any atom is 0.266 e. The molecule has 5 heteroatoms. The van der Waals surface area contributed by atoms with Crippen LogP contribution in [0.3, 0.4) is 0 Å². The molecule has 2 heterocycles. The second-order valence-corrected chi connectivity index (χ2v) is 5.58. The molecule has 0 aliphatic rings. The monoisotopic (exact) mass is 287 g/mol. The fourth-order valence-corrected chi connectivity index (χ4v) is 3.25. The van der Waals surface area contributed by atoms with E-state index in [0.29, 0.717) is 23.7 Å². The first-order valence-electron chi connectivity index (χ1n) is 6.46. The highest BCUT2D eigenvalue weighted by molar-refractivity contribution is 7.21. The van der Waals surface area contributed by atoms with Gasteiger partial charge in [0, 0.05) is 18.1 Å². The third-order valence-electron chi connectivity index (χ3n) is 3.09. The van der Waals surface area contributed by atoms with E-state index in [2.05, 4.69) is 10.9 Å². The third-order valence-corrected chi connectivity index (χ3v) is 4.20. The molecule has 2 aromatic rings. The van der Waals surface area contributed by atoms with Crippen LogP contribution in [0.1, 0.15) is 28.6 Å². The first-order chi connectivity index (χ1) is 9.60. The number of nitrogens with two attached hydrogens (primary N) is 1. The second kappa shape index (κ2) is 5.93. The van der Waals surface area contributed by atoms with E-state index in [1.807, 2.05) is 19.9 Å². The number of hydrogen-bond acceptors (Lipinski definition) is 4. The molecule has 0 aromatic carbocycles.